The molecule has 0 heterocycles. The van der Waals surface area contributed by atoms with Crippen LogP contribution in [0.3, 0.4) is 0 Å². The van der Waals surface area contributed by atoms with Gasteiger partial charge >= 0.3 is 17.9 Å². The minimum atomic E-state index is -0.993. The van der Waals surface area contributed by atoms with E-state index in [1.807, 2.05) is 20.8 Å². The third-order valence-electron chi connectivity index (χ3n) is 12.4. The molecule has 0 rings (SSSR count). The van der Waals surface area contributed by atoms with Crippen LogP contribution in [0.1, 0.15) is 228 Å². The highest BCUT2D eigenvalue weighted by Gasteiger charge is 2.20. The first kappa shape index (κ1) is 65.6. The van der Waals surface area contributed by atoms with Gasteiger partial charge in [-0.2, -0.15) is 0 Å². The van der Waals surface area contributed by atoms with Gasteiger partial charge in [-0.05, 0) is 83.3 Å². The van der Waals surface area contributed by atoms with Crippen molar-refractivity contribution in [3.05, 3.63) is 36.5 Å². The molecule has 0 spiro atoms. The Labute approximate surface area is 406 Å². The number of carbonyl (C=O) groups excluding carboxylic acids is 3. The van der Waals surface area contributed by atoms with Gasteiger partial charge in [0, 0.05) is 0 Å². The fourth-order valence-corrected chi connectivity index (χ4v) is 7.42. The summed E-state index contributed by atoms with van der Waals surface area (Å²) in [5.41, 5.74) is 0. The first-order valence-corrected chi connectivity index (χ1v) is 26.9. The summed E-state index contributed by atoms with van der Waals surface area (Å²) in [7, 11) is 4.32. The molecule has 0 amide bonds. The number of nitrogens with zero attached hydrogens (tertiary/aromatic N) is 1. The van der Waals surface area contributed by atoms with E-state index >= 15 is 0 Å². The lowest BCUT2D eigenvalue weighted by Gasteiger charge is -2.18. The van der Waals surface area contributed by atoms with Gasteiger partial charge in [-0.25, -0.2) is 0 Å². The predicted molar refractivity (Wildman–Crippen MR) is 275 cm³/mol. The molecule has 0 aromatic carbocycles. The minimum Gasteiger partial charge on any atom is -0.461 e. The van der Waals surface area contributed by atoms with Crippen molar-refractivity contribution in [3.8, 4) is 0 Å². The van der Waals surface area contributed by atoms with E-state index in [1.165, 1.54) is 70.8 Å². The van der Waals surface area contributed by atoms with E-state index in [2.05, 4.69) is 46.7 Å². The van der Waals surface area contributed by atoms with Crippen molar-refractivity contribution in [3.63, 3.8) is 0 Å². The maximum absolute atomic E-state index is 12.6. The Balaban J connectivity index is 0. The first-order chi connectivity index (χ1) is 31.7. The largest absolute Gasteiger partial charge is 0.461 e. The van der Waals surface area contributed by atoms with E-state index < -0.39 is 42.3 Å². The molecule has 10 nitrogen and oxygen atoms in total. The average Bonchev–Trinajstić information content (AvgIpc) is 3.29. The van der Waals surface area contributed by atoms with Crippen molar-refractivity contribution in [1.82, 2.24) is 4.90 Å². The molecule has 0 aromatic heterocycles. The molecular weight excluding hydrogens is 831 g/mol. The Morgan fingerprint density at radius 1 is 0.439 bits per heavy atom. The number of esters is 3. The summed E-state index contributed by atoms with van der Waals surface area (Å²) in [5.74, 6) is -1.11. The smallest absolute Gasteiger partial charge is 0.310 e. The Kier molecular flexibility index (Phi) is 47.2. The van der Waals surface area contributed by atoms with Crippen LogP contribution in [0.2, 0.25) is 0 Å². The number of aliphatic hydroxyl groups excluding tert-OH is 3. The molecule has 0 saturated carbocycles. The molecule has 0 aliphatic rings. The zero-order valence-corrected chi connectivity index (χ0v) is 44.2. The quantitative estimate of drug-likeness (QED) is 0.0234. The van der Waals surface area contributed by atoms with E-state index in [1.54, 1.807) is 36.5 Å². The molecule has 0 saturated heterocycles. The van der Waals surface area contributed by atoms with Crippen LogP contribution in [0.25, 0.3) is 0 Å². The standard InChI is InChI=1S/C42H74O9.C14H31N/c1-7-10-13-22-33(4)37(43)25-16-19-28-40(46)49-31-36(51-42(48)30-21-18-27-39(45)35(6)24-15-12-9-3)32-50-41(47)29-20-17-26-38(44)34(5)23-14-11-8-2;1-4-5-6-7-8-9-10-11-12-13-14-15(2)3/h16-21,33-39,43-45H,7-15,22-32H2,1-6H3;4-14H2,1-3H3/b19-16+,20-17+,21-18+;. The number of aliphatic hydroxyl groups is 3. The summed E-state index contributed by atoms with van der Waals surface area (Å²) in [6.07, 6.45) is 36.4. The average molecular weight is 936 g/mol. The van der Waals surface area contributed by atoms with Crippen LogP contribution < -0.4 is 0 Å². The van der Waals surface area contributed by atoms with Crippen LogP contribution in [-0.2, 0) is 28.6 Å². The van der Waals surface area contributed by atoms with Crippen LogP contribution in [-0.4, -0.2) is 96.4 Å². The van der Waals surface area contributed by atoms with Crippen LogP contribution >= 0.6 is 0 Å². The zero-order chi connectivity index (χ0) is 49.6. The fraction of sp³-hybridized carbons (Fsp3) is 0.839. The van der Waals surface area contributed by atoms with Gasteiger partial charge in [0.2, 0.25) is 0 Å². The summed E-state index contributed by atoms with van der Waals surface area (Å²) < 4.78 is 16.2. The van der Waals surface area contributed by atoms with Crippen molar-refractivity contribution < 1.29 is 43.9 Å². The zero-order valence-electron chi connectivity index (χ0n) is 44.2. The van der Waals surface area contributed by atoms with Gasteiger partial charge in [0.05, 0.1) is 37.6 Å². The molecule has 0 aromatic rings. The monoisotopic (exact) mass is 936 g/mol. The Morgan fingerprint density at radius 3 is 1.08 bits per heavy atom. The molecule has 6 unspecified atom stereocenters. The topological polar surface area (TPSA) is 143 Å². The summed E-state index contributed by atoms with van der Waals surface area (Å²) >= 11 is 0. The Bertz CT molecular complexity index is 1150. The number of hydrogen-bond acceptors (Lipinski definition) is 10. The summed E-state index contributed by atoms with van der Waals surface area (Å²) in [5, 5.41) is 31.2. The van der Waals surface area contributed by atoms with Gasteiger partial charge < -0.3 is 34.4 Å². The number of ether oxygens (including phenoxy) is 3. The van der Waals surface area contributed by atoms with Gasteiger partial charge in [0.1, 0.15) is 13.2 Å². The number of hydrogen-bond donors (Lipinski definition) is 3. The molecule has 0 aliphatic heterocycles. The van der Waals surface area contributed by atoms with Crippen LogP contribution in [0.15, 0.2) is 36.5 Å². The van der Waals surface area contributed by atoms with Crippen LogP contribution in [0.5, 0.6) is 0 Å². The van der Waals surface area contributed by atoms with Crippen molar-refractivity contribution in [2.75, 3.05) is 33.9 Å². The van der Waals surface area contributed by atoms with Crippen LogP contribution in [0.4, 0.5) is 0 Å². The van der Waals surface area contributed by atoms with Gasteiger partial charge in [-0.3, -0.25) is 14.4 Å². The Morgan fingerprint density at radius 2 is 0.742 bits per heavy atom. The van der Waals surface area contributed by atoms with E-state index in [0.717, 1.165) is 77.0 Å². The molecule has 66 heavy (non-hydrogen) atoms. The van der Waals surface area contributed by atoms with Gasteiger partial charge in [0.25, 0.3) is 0 Å². The number of unbranched alkanes of at least 4 members (excludes halogenated alkanes) is 15. The lowest BCUT2D eigenvalue weighted by Crippen LogP contribution is -2.30. The van der Waals surface area contributed by atoms with Crippen LogP contribution in [0, 0.1) is 17.8 Å². The van der Waals surface area contributed by atoms with Crippen molar-refractivity contribution in [2.45, 2.75) is 253 Å². The van der Waals surface area contributed by atoms with E-state index in [-0.39, 0.29) is 50.2 Å². The molecule has 0 aliphatic carbocycles. The minimum absolute atomic E-state index is 0.00676. The SMILES string of the molecule is CCCCCC(C)C(O)C/C=C/CC(=O)OCC(COC(=O)C/C=C/CC(O)C(C)CCCCC)OC(=O)C/C=C/CC(O)C(C)CCCCC.CCCCCCCCCCCCN(C)C. The Hall–Kier alpha value is -2.53. The van der Waals surface area contributed by atoms with Gasteiger partial charge in [-0.1, -0.05) is 200 Å². The van der Waals surface area contributed by atoms with Crippen molar-refractivity contribution >= 4 is 17.9 Å². The van der Waals surface area contributed by atoms with E-state index in [4.69, 9.17) is 14.2 Å². The van der Waals surface area contributed by atoms with Gasteiger partial charge in [0.15, 0.2) is 6.10 Å². The van der Waals surface area contributed by atoms with Crippen molar-refractivity contribution in [2.24, 2.45) is 17.8 Å². The molecule has 0 fully saturated rings. The third-order valence-corrected chi connectivity index (χ3v) is 12.4. The highest BCUT2D eigenvalue weighted by molar-refractivity contribution is 5.73. The lowest BCUT2D eigenvalue weighted by atomic mass is 9.95. The lowest BCUT2D eigenvalue weighted by molar-refractivity contribution is -0.165. The van der Waals surface area contributed by atoms with E-state index in [0.29, 0.717) is 19.3 Å². The summed E-state index contributed by atoms with van der Waals surface area (Å²) in [4.78, 5) is 39.8. The predicted octanol–water partition coefficient (Wildman–Crippen LogP) is 13.2. The number of carbonyl (C=O) groups is 3. The fourth-order valence-electron chi connectivity index (χ4n) is 7.42. The summed E-state index contributed by atoms with van der Waals surface area (Å²) in [6.45, 7) is 15.5. The molecular formula is C56H105NO9. The molecule has 3 N–H and O–H groups in total. The molecule has 0 radical (unpaired) electrons. The molecule has 6 atom stereocenters. The highest BCUT2D eigenvalue weighted by Crippen LogP contribution is 2.19. The van der Waals surface area contributed by atoms with Crippen molar-refractivity contribution in [1.29, 1.82) is 0 Å². The molecule has 388 valence electrons. The maximum atomic E-state index is 12.6. The van der Waals surface area contributed by atoms with E-state index in [9.17, 15) is 29.7 Å². The second-order valence-corrected chi connectivity index (χ2v) is 19.3. The summed E-state index contributed by atoms with van der Waals surface area (Å²) in [6, 6.07) is 0. The maximum Gasteiger partial charge on any atom is 0.310 e. The van der Waals surface area contributed by atoms with Gasteiger partial charge in [-0.15, -0.1) is 0 Å². The number of rotatable bonds is 43. The third kappa shape index (κ3) is 44.0. The molecule has 10 heteroatoms. The highest BCUT2D eigenvalue weighted by atomic mass is 16.6. The second kappa shape index (κ2) is 47.5. The first-order valence-electron chi connectivity index (χ1n) is 26.9. The molecule has 0 bridgehead atoms. The normalized spacial score (nSPS) is 15.0. The second-order valence-electron chi connectivity index (χ2n) is 19.3.